The summed E-state index contributed by atoms with van der Waals surface area (Å²) in [6, 6.07) is 0. The summed E-state index contributed by atoms with van der Waals surface area (Å²) in [5, 5.41) is 9.32. The van der Waals surface area contributed by atoms with E-state index in [2.05, 4.69) is 0 Å². The lowest BCUT2D eigenvalue weighted by molar-refractivity contribution is -0.475. The largest absolute Gasteiger partial charge is 0.265 e. The molecular formula is C2H4BNO2. The second-order valence-electron chi connectivity index (χ2n) is 0.845. The molecule has 0 rings (SSSR count). The summed E-state index contributed by atoms with van der Waals surface area (Å²) in [6.07, 6.45) is 0.132. The van der Waals surface area contributed by atoms with E-state index < -0.39 is 4.92 Å². The summed E-state index contributed by atoms with van der Waals surface area (Å²) in [6.45, 7) is -0.125. The molecule has 32 valence electrons. The maximum Gasteiger partial charge on any atom is 0.196 e. The van der Waals surface area contributed by atoms with E-state index in [-0.39, 0.29) is 12.9 Å². The molecule has 0 aliphatic heterocycles. The van der Waals surface area contributed by atoms with Gasteiger partial charge in [0.05, 0.1) is 7.85 Å². The molecule has 0 bridgehead atoms. The number of nitro groups is 1. The van der Waals surface area contributed by atoms with Crippen LogP contribution in [0, 0.1) is 10.1 Å². The summed E-state index contributed by atoms with van der Waals surface area (Å²) in [4.78, 5) is 8.88. The van der Waals surface area contributed by atoms with Crippen LogP contribution in [0.3, 0.4) is 0 Å². The zero-order valence-corrected chi connectivity index (χ0v) is 3.26. The van der Waals surface area contributed by atoms with E-state index in [1.54, 1.807) is 0 Å². The molecule has 3 nitrogen and oxygen atoms in total. The highest BCUT2D eigenvalue weighted by Crippen LogP contribution is 1.69. The molecule has 0 saturated heterocycles. The number of nitrogens with zero attached hydrogens (tertiary/aromatic N) is 1. The van der Waals surface area contributed by atoms with Crippen LogP contribution in [0.1, 0.15) is 0 Å². The molecule has 0 aliphatic rings. The van der Waals surface area contributed by atoms with Gasteiger partial charge < -0.3 is 0 Å². The molecule has 6 heavy (non-hydrogen) atoms. The van der Waals surface area contributed by atoms with E-state index in [9.17, 15) is 10.1 Å². The van der Waals surface area contributed by atoms with Crippen LogP contribution in [0.25, 0.3) is 0 Å². The minimum atomic E-state index is -0.444. The normalized spacial score (nSPS) is 8.00. The Morgan fingerprint density at radius 1 is 1.83 bits per heavy atom. The summed E-state index contributed by atoms with van der Waals surface area (Å²) < 4.78 is 0. The van der Waals surface area contributed by atoms with Crippen molar-refractivity contribution in [2.45, 2.75) is 6.32 Å². The molecule has 0 aromatic carbocycles. The molecular weight excluding hydrogens is 80.8 g/mol. The third-order valence-electron chi connectivity index (χ3n) is 0.312. The van der Waals surface area contributed by atoms with Crippen molar-refractivity contribution in [3.05, 3.63) is 10.1 Å². The second kappa shape index (κ2) is 2.69. The molecule has 0 fully saturated rings. The Morgan fingerprint density at radius 2 is 2.33 bits per heavy atom. The van der Waals surface area contributed by atoms with E-state index in [4.69, 9.17) is 7.85 Å². The lowest BCUT2D eigenvalue weighted by Gasteiger charge is -1.80. The first-order valence-electron chi connectivity index (χ1n) is 1.59. The van der Waals surface area contributed by atoms with Crippen LogP contribution in [0.4, 0.5) is 0 Å². The van der Waals surface area contributed by atoms with Crippen molar-refractivity contribution in [2.75, 3.05) is 6.54 Å². The molecule has 0 N–H and O–H groups in total. The zero-order valence-electron chi connectivity index (χ0n) is 3.26. The van der Waals surface area contributed by atoms with Gasteiger partial charge in [0, 0.05) is 4.92 Å². The zero-order chi connectivity index (χ0) is 4.99. The van der Waals surface area contributed by atoms with E-state index in [1.165, 1.54) is 0 Å². The SMILES string of the molecule is [B]CC[N+](=O)[O-]. The first kappa shape index (κ1) is 5.46. The van der Waals surface area contributed by atoms with Crippen LogP contribution in [-0.4, -0.2) is 19.3 Å². The minimum absolute atomic E-state index is 0.125. The third kappa shape index (κ3) is 3.46. The van der Waals surface area contributed by atoms with Crippen LogP contribution in [0.2, 0.25) is 6.32 Å². The van der Waals surface area contributed by atoms with Gasteiger partial charge in [0.1, 0.15) is 0 Å². The molecule has 0 saturated carbocycles. The van der Waals surface area contributed by atoms with Crippen molar-refractivity contribution in [3.63, 3.8) is 0 Å². The topological polar surface area (TPSA) is 43.1 Å². The van der Waals surface area contributed by atoms with Crippen molar-refractivity contribution < 1.29 is 4.92 Å². The van der Waals surface area contributed by atoms with Crippen molar-refractivity contribution in [1.29, 1.82) is 0 Å². The van der Waals surface area contributed by atoms with Gasteiger partial charge in [-0.1, -0.05) is 0 Å². The fourth-order valence-electron chi connectivity index (χ4n) is 0.105. The second-order valence-corrected chi connectivity index (χ2v) is 0.845. The maximum atomic E-state index is 9.32. The molecule has 0 unspecified atom stereocenters. The summed E-state index contributed by atoms with van der Waals surface area (Å²) >= 11 is 0. The monoisotopic (exact) mass is 85.0 g/mol. The van der Waals surface area contributed by atoms with Crippen LogP contribution >= 0.6 is 0 Å². The predicted molar refractivity (Wildman–Crippen MR) is 22.4 cm³/mol. The molecule has 0 aromatic rings. The summed E-state index contributed by atoms with van der Waals surface area (Å²) in [5.74, 6) is 0. The molecule has 4 heteroatoms. The third-order valence-corrected chi connectivity index (χ3v) is 0.312. The van der Waals surface area contributed by atoms with E-state index in [1.807, 2.05) is 0 Å². The minimum Gasteiger partial charge on any atom is -0.265 e. The van der Waals surface area contributed by atoms with Gasteiger partial charge in [-0.2, -0.15) is 0 Å². The standard InChI is InChI=1S/C2H4BNO2/c3-1-2-4(5)6/h1-2H2. The lowest BCUT2D eigenvalue weighted by atomic mass is 10.1. The molecule has 0 aliphatic carbocycles. The molecule has 0 heterocycles. The highest BCUT2D eigenvalue weighted by atomic mass is 16.6. The van der Waals surface area contributed by atoms with E-state index >= 15 is 0 Å². The Morgan fingerprint density at radius 3 is 2.33 bits per heavy atom. The number of rotatable bonds is 2. The van der Waals surface area contributed by atoms with Crippen molar-refractivity contribution in [2.24, 2.45) is 0 Å². The van der Waals surface area contributed by atoms with E-state index in [0.717, 1.165) is 0 Å². The van der Waals surface area contributed by atoms with Gasteiger partial charge in [-0.15, -0.1) is 0 Å². The smallest absolute Gasteiger partial charge is 0.196 e. The molecule has 2 radical (unpaired) electrons. The Hall–Kier alpha value is -0.535. The first-order chi connectivity index (χ1) is 2.77. The van der Waals surface area contributed by atoms with Crippen LogP contribution in [0.5, 0.6) is 0 Å². The maximum absolute atomic E-state index is 9.32. The van der Waals surface area contributed by atoms with Gasteiger partial charge in [0.2, 0.25) is 0 Å². The Kier molecular flexibility index (Phi) is 2.45. The van der Waals surface area contributed by atoms with Crippen molar-refractivity contribution >= 4 is 7.85 Å². The molecule has 0 atom stereocenters. The highest BCUT2D eigenvalue weighted by Gasteiger charge is 1.85. The molecule has 0 spiro atoms. The Balaban J connectivity index is 2.83. The molecule has 0 amide bonds. The number of hydrogen-bond donors (Lipinski definition) is 0. The lowest BCUT2D eigenvalue weighted by Crippen LogP contribution is -1.97. The number of hydrogen-bond acceptors (Lipinski definition) is 2. The summed E-state index contributed by atoms with van der Waals surface area (Å²) in [7, 11) is 4.79. The van der Waals surface area contributed by atoms with Gasteiger partial charge >= 0.3 is 0 Å². The van der Waals surface area contributed by atoms with Crippen molar-refractivity contribution in [1.82, 2.24) is 0 Å². The predicted octanol–water partition coefficient (Wildman–Crippen LogP) is -0.150. The average Bonchev–Trinajstić information content (AvgIpc) is 1.35. The van der Waals surface area contributed by atoms with Gasteiger partial charge in [0.25, 0.3) is 0 Å². The quantitative estimate of drug-likeness (QED) is 0.266. The summed E-state index contributed by atoms with van der Waals surface area (Å²) in [5.41, 5.74) is 0. The van der Waals surface area contributed by atoms with Crippen molar-refractivity contribution in [3.8, 4) is 0 Å². The Labute approximate surface area is 36.9 Å². The van der Waals surface area contributed by atoms with Gasteiger partial charge in [-0.05, 0) is 6.32 Å². The fourth-order valence-corrected chi connectivity index (χ4v) is 0.105. The van der Waals surface area contributed by atoms with Crippen LogP contribution in [-0.2, 0) is 0 Å². The average molecular weight is 84.9 g/mol. The van der Waals surface area contributed by atoms with Gasteiger partial charge in [-0.25, -0.2) is 0 Å². The molecule has 0 aromatic heterocycles. The van der Waals surface area contributed by atoms with Crippen LogP contribution < -0.4 is 0 Å². The van der Waals surface area contributed by atoms with Gasteiger partial charge in [-0.3, -0.25) is 10.1 Å². The van der Waals surface area contributed by atoms with Crippen LogP contribution in [0.15, 0.2) is 0 Å². The Bertz CT molecular complexity index is 55.5. The fraction of sp³-hybridized carbons (Fsp3) is 1.00. The van der Waals surface area contributed by atoms with E-state index in [0.29, 0.717) is 0 Å². The highest BCUT2D eigenvalue weighted by molar-refractivity contribution is 6.08. The first-order valence-corrected chi connectivity index (χ1v) is 1.59. The van der Waals surface area contributed by atoms with Gasteiger partial charge in [0.15, 0.2) is 6.54 Å².